The van der Waals surface area contributed by atoms with E-state index in [1.54, 1.807) is 10.7 Å². The van der Waals surface area contributed by atoms with Crippen LogP contribution in [0.4, 0.5) is 0 Å². The summed E-state index contributed by atoms with van der Waals surface area (Å²) in [6.45, 7) is 0.588. The van der Waals surface area contributed by atoms with Gasteiger partial charge in [0.25, 0.3) is 0 Å². The molecule has 1 aromatic heterocycles. The van der Waals surface area contributed by atoms with Crippen LogP contribution in [0, 0.1) is 0 Å². The number of nitrogens with zero attached hydrogens (tertiary/aromatic N) is 2. The molecule has 0 saturated heterocycles. The van der Waals surface area contributed by atoms with Gasteiger partial charge < -0.3 is 10.8 Å². The number of aromatic hydroxyl groups is 1. The molecule has 0 amide bonds. The molecule has 1 aromatic carbocycles. The van der Waals surface area contributed by atoms with E-state index in [0.29, 0.717) is 12.1 Å². The fraction of sp³-hybridized carbons (Fsp3) is 0.300. The zero-order valence-corrected chi connectivity index (χ0v) is 8.07. The van der Waals surface area contributed by atoms with E-state index in [9.17, 15) is 5.11 Å². The van der Waals surface area contributed by atoms with Gasteiger partial charge in [-0.15, -0.1) is 0 Å². The van der Waals surface area contributed by atoms with E-state index < -0.39 is 0 Å². The van der Waals surface area contributed by atoms with Gasteiger partial charge in [0, 0.05) is 24.5 Å². The quantitative estimate of drug-likeness (QED) is 0.737. The maximum absolute atomic E-state index is 9.57. The van der Waals surface area contributed by atoms with E-state index in [1.165, 1.54) is 0 Å². The fourth-order valence-corrected chi connectivity index (χ4v) is 1.69. The van der Waals surface area contributed by atoms with E-state index in [0.717, 1.165) is 17.5 Å². The lowest BCUT2D eigenvalue weighted by atomic mass is 10.1. The monoisotopic (exact) mass is 191 g/mol. The molecule has 0 radical (unpaired) electrons. The molecule has 14 heavy (non-hydrogen) atoms. The predicted molar refractivity (Wildman–Crippen MR) is 55.1 cm³/mol. The Labute approximate surface area is 81.9 Å². The molecule has 3 N–H and O–H groups in total. The van der Waals surface area contributed by atoms with Crippen LogP contribution in [-0.4, -0.2) is 21.4 Å². The molecule has 4 heteroatoms. The largest absolute Gasteiger partial charge is 0.506 e. The third-order valence-electron chi connectivity index (χ3n) is 2.35. The molecule has 0 aliphatic heterocycles. The molecule has 0 fully saturated rings. The average molecular weight is 191 g/mol. The summed E-state index contributed by atoms with van der Waals surface area (Å²) < 4.78 is 1.78. The Kier molecular flexibility index (Phi) is 2.13. The molecule has 1 heterocycles. The molecule has 74 valence electrons. The van der Waals surface area contributed by atoms with Crippen molar-refractivity contribution in [2.24, 2.45) is 12.8 Å². The number of hydrogen-bond acceptors (Lipinski definition) is 3. The van der Waals surface area contributed by atoms with E-state index >= 15 is 0 Å². The van der Waals surface area contributed by atoms with Crippen LogP contribution in [0.2, 0.25) is 0 Å². The summed E-state index contributed by atoms with van der Waals surface area (Å²) in [6.07, 6.45) is 0.774. The second kappa shape index (κ2) is 3.31. The van der Waals surface area contributed by atoms with Crippen molar-refractivity contribution in [3.8, 4) is 5.75 Å². The summed E-state index contributed by atoms with van der Waals surface area (Å²) in [4.78, 5) is 0. The summed E-state index contributed by atoms with van der Waals surface area (Å²) >= 11 is 0. The number of benzene rings is 1. The number of rotatable bonds is 2. The van der Waals surface area contributed by atoms with Crippen LogP contribution in [0.25, 0.3) is 10.9 Å². The standard InChI is InChI=1S/C10H13N3O/c1-13-8(5-6-11)7-3-2-4-9(14)10(7)12-13/h2-4,14H,5-6,11H2,1H3. The Bertz CT molecular complexity index is 462. The highest BCUT2D eigenvalue weighted by molar-refractivity contribution is 5.86. The molecule has 0 atom stereocenters. The minimum Gasteiger partial charge on any atom is -0.506 e. The Morgan fingerprint density at radius 3 is 3.00 bits per heavy atom. The number of fused-ring (bicyclic) bond motifs is 1. The lowest BCUT2D eigenvalue weighted by molar-refractivity contribution is 0.479. The van der Waals surface area contributed by atoms with Gasteiger partial charge >= 0.3 is 0 Å². The second-order valence-corrected chi connectivity index (χ2v) is 3.28. The van der Waals surface area contributed by atoms with Gasteiger partial charge in [0.2, 0.25) is 0 Å². The first-order valence-corrected chi connectivity index (χ1v) is 4.57. The Morgan fingerprint density at radius 1 is 1.50 bits per heavy atom. The van der Waals surface area contributed by atoms with Crippen molar-refractivity contribution >= 4 is 10.9 Å². The fourth-order valence-electron chi connectivity index (χ4n) is 1.69. The van der Waals surface area contributed by atoms with Crippen molar-refractivity contribution in [1.82, 2.24) is 9.78 Å². The van der Waals surface area contributed by atoms with Crippen LogP contribution < -0.4 is 5.73 Å². The Balaban J connectivity index is 2.70. The highest BCUT2D eigenvalue weighted by Gasteiger charge is 2.10. The minimum absolute atomic E-state index is 0.223. The van der Waals surface area contributed by atoms with Crippen molar-refractivity contribution in [1.29, 1.82) is 0 Å². The Hall–Kier alpha value is -1.55. The van der Waals surface area contributed by atoms with Crippen molar-refractivity contribution < 1.29 is 5.11 Å². The van der Waals surface area contributed by atoms with E-state index in [-0.39, 0.29) is 5.75 Å². The lowest BCUT2D eigenvalue weighted by Gasteiger charge is -1.98. The molecule has 0 bridgehead atoms. The third kappa shape index (κ3) is 1.24. The summed E-state index contributed by atoms with van der Waals surface area (Å²) in [5.41, 5.74) is 7.23. The zero-order chi connectivity index (χ0) is 10.1. The first kappa shape index (κ1) is 9.02. The molecule has 2 aromatic rings. The average Bonchev–Trinajstić information content (AvgIpc) is 2.47. The highest BCUT2D eigenvalue weighted by atomic mass is 16.3. The molecule has 0 saturated carbocycles. The zero-order valence-electron chi connectivity index (χ0n) is 8.07. The van der Waals surface area contributed by atoms with E-state index in [2.05, 4.69) is 5.10 Å². The summed E-state index contributed by atoms with van der Waals surface area (Å²) in [5, 5.41) is 14.8. The van der Waals surface area contributed by atoms with Gasteiger partial charge in [0.05, 0.1) is 0 Å². The predicted octanol–water partition coefficient (Wildman–Crippen LogP) is 0.780. The molecular formula is C10H13N3O. The normalized spacial score (nSPS) is 11.0. The van der Waals surface area contributed by atoms with Gasteiger partial charge in [0.15, 0.2) is 0 Å². The summed E-state index contributed by atoms with van der Waals surface area (Å²) in [5.74, 6) is 0.223. The molecule has 0 aliphatic carbocycles. The first-order chi connectivity index (χ1) is 6.74. The summed E-state index contributed by atoms with van der Waals surface area (Å²) in [6, 6.07) is 5.41. The molecule has 4 nitrogen and oxygen atoms in total. The topological polar surface area (TPSA) is 64.1 Å². The van der Waals surface area contributed by atoms with Crippen LogP contribution in [0.15, 0.2) is 18.2 Å². The van der Waals surface area contributed by atoms with Crippen LogP contribution in [0.5, 0.6) is 5.75 Å². The maximum atomic E-state index is 9.57. The van der Waals surface area contributed by atoms with Gasteiger partial charge in [-0.05, 0) is 12.6 Å². The Morgan fingerprint density at radius 2 is 2.29 bits per heavy atom. The van der Waals surface area contributed by atoms with E-state index in [4.69, 9.17) is 5.73 Å². The molecule has 2 rings (SSSR count). The van der Waals surface area contributed by atoms with Gasteiger partial charge in [0.1, 0.15) is 11.3 Å². The van der Waals surface area contributed by atoms with Gasteiger partial charge in [-0.1, -0.05) is 12.1 Å². The van der Waals surface area contributed by atoms with Crippen LogP contribution in [0.1, 0.15) is 5.69 Å². The van der Waals surface area contributed by atoms with E-state index in [1.807, 2.05) is 19.2 Å². The second-order valence-electron chi connectivity index (χ2n) is 3.28. The van der Waals surface area contributed by atoms with Crippen LogP contribution >= 0.6 is 0 Å². The number of nitrogens with two attached hydrogens (primary N) is 1. The number of hydrogen-bond donors (Lipinski definition) is 2. The van der Waals surface area contributed by atoms with Gasteiger partial charge in [-0.25, -0.2) is 0 Å². The molecule has 0 unspecified atom stereocenters. The smallest absolute Gasteiger partial charge is 0.143 e. The van der Waals surface area contributed by atoms with Crippen molar-refractivity contribution in [2.75, 3.05) is 6.54 Å². The third-order valence-corrected chi connectivity index (χ3v) is 2.35. The molecule has 0 aliphatic rings. The number of aryl methyl sites for hydroxylation is 1. The maximum Gasteiger partial charge on any atom is 0.143 e. The number of phenolic OH excluding ortho intramolecular Hbond substituents is 1. The SMILES string of the molecule is Cn1nc2c(O)cccc2c1CCN. The van der Waals surface area contributed by atoms with Crippen molar-refractivity contribution in [3.63, 3.8) is 0 Å². The van der Waals surface area contributed by atoms with Crippen molar-refractivity contribution in [2.45, 2.75) is 6.42 Å². The van der Waals surface area contributed by atoms with Crippen LogP contribution in [-0.2, 0) is 13.5 Å². The minimum atomic E-state index is 0.223. The van der Waals surface area contributed by atoms with Gasteiger partial charge in [-0.3, -0.25) is 4.68 Å². The number of aromatic nitrogens is 2. The first-order valence-electron chi connectivity index (χ1n) is 4.57. The van der Waals surface area contributed by atoms with Crippen LogP contribution in [0.3, 0.4) is 0 Å². The van der Waals surface area contributed by atoms with Crippen molar-refractivity contribution in [3.05, 3.63) is 23.9 Å². The van der Waals surface area contributed by atoms with Gasteiger partial charge in [-0.2, -0.15) is 5.10 Å². The molecular weight excluding hydrogens is 178 g/mol. The number of phenols is 1. The highest BCUT2D eigenvalue weighted by Crippen LogP contribution is 2.25. The summed E-state index contributed by atoms with van der Waals surface area (Å²) in [7, 11) is 1.87. The molecule has 0 spiro atoms. The lowest BCUT2D eigenvalue weighted by Crippen LogP contribution is -2.07.